The number of hydrogen-bond donors (Lipinski definition) is 0. The summed E-state index contributed by atoms with van der Waals surface area (Å²) in [5.41, 5.74) is -2.38. The van der Waals surface area contributed by atoms with Gasteiger partial charge in [-0.3, -0.25) is 4.90 Å². The third-order valence-corrected chi connectivity index (χ3v) is 3.16. The molecule has 1 rings (SSSR count). The summed E-state index contributed by atoms with van der Waals surface area (Å²) in [5.74, 6) is -0.818. The van der Waals surface area contributed by atoms with Crippen LogP contribution < -0.4 is 0 Å². The van der Waals surface area contributed by atoms with Gasteiger partial charge in [-0.05, 0) is 33.6 Å². The number of hydrogen-bond acceptors (Lipinski definition) is 4. The van der Waals surface area contributed by atoms with E-state index in [1.54, 1.807) is 20.8 Å². The molecular formula is C13H21F2NO4. The smallest absolute Gasteiger partial charge is 0.411 e. The average Bonchev–Trinajstić information content (AvgIpc) is 2.69. The highest BCUT2D eigenvalue weighted by atomic mass is 19.3. The van der Waals surface area contributed by atoms with Gasteiger partial charge in [0.1, 0.15) is 11.1 Å². The Kier molecular flexibility index (Phi) is 4.94. The number of rotatable bonds is 3. The van der Waals surface area contributed by atoms with E-state index in [9.17, 15) is 18.4 Å². The molecule has 0 bridgehead atoms. The first kappa shape index (κ1) is 16.7. The maximum atomic E-state index is 12.8. The third kappa shape index (κ3) is 3.58. The van der Waals surface area contributed by atoms with E-state index in [0.29, 0.717) is 6.42 Å². The van der Waals surface area contributed by atoms with E-state index < -0.39 is 36.0 Å². The standard InChI is InChI=1S/C13H21F2NO4/c1-12(2,3)20-11(18)16-7-5-6-13(16,8-9(14)15)10(17)19-4/h9H,5-8H2,1-4H3. The van der Waals surface area contributed by atoms with Crippen molar-refractivity contribution < 1.29 is 27.8 Å². The zero-order valence-corrected chi connectivity index (χ0v) is 12.2. The molecule has 1 atom stereocenters. The van der Waals surface area contributed by atoms with E-state index in [4.69, 9.17) is 4.74 Å². The second kappa shape index (κ2) is 5.93. The minimum Gasteiger partial charge on any atom is -0.467 e. The Hall–Kier alpha value is -1.40. The molecule has 116 valence electrons. The predicted molar refractivity (Wildman–Crippen MR) is 67.5 cm³/mol. The average molecular weight is 293 g/mol. The van der Waals surface area contributed by atoms with Crippen LogP contribution in [0.1, 0.15) is 40.0 Å². The Morgan fingerprint density at radius 3 is 2.40 bits per heavy atom. The lowest BCUT2D eigenvalue weighted by atomic mass is 9.92. The topological polar surface area (TPSA) is 55.8 Å². The van der Waals surface area contributed by atoms with Gasteiger partial charge >= 0.3 is 12.1 Å². The molecule has 1 heterocycles. The zero-order chi connectivity index (χ0) is 15.6. The molecule has 1 aliphatic rings. The van der Waals surface area contributed by atoms with Crippen LogP contribution in [0.4, 0.5) is 13.6 Å². The number of halogens is 2. The molecule has 1 amide bonds. The molecular weight excluding hydrogens is 272 g/mol. The number of nitrogens with zero attached hydrogens (tertiary/aromatic N) is 1. The summed E-state index contributed by atoms with van der Waals surface area (Å²) in [4.78, 5) is 25.2. The SMILES string of the molecule is COC(=O)C1(CC(F)F)CCCN1C(=O)OC(C)(C)C. The summed E-state index contributed by atoms with van der Waals surface area (Å²) in [6.45, 7) is 5.23. The number of ether oxygens (including phenoxy) is 2. The van der Waals surface area contributed by atoms with Gasteiger partial charge in [-0.1, -0.05) is 0 Å². The third-order valence-electron chi connectivity index (χ3n) is 3.16. The Morgan fingerprint density at radius 2 is 1.95 bits per heavy atom. The number of alkyl halides is 2. The molecule has 0 aromatic heterocycles. The van der Waals surface area contributed by atoms with Crippen LogP contribution in [0.3, 0.4) is 0 Å². The largest absolute Gasteiger partial charge is 0.467 e. The van der Waals surface area contributed by atoms with Gasteiger partial charge in [0, 0.05) is 13.0 Å². The van der Waals surface area contributed by atoms with Crippen molar-refractivity contribution in [3.63, 3.8) is 0 Å². The molecule has 0 aromatic rings. The first-order valence-corrected chi connectivity index (χ1v) is 6.49. The van der Waals surface area contributed by atoms with Gasteiger partial charge in [0.05, 0.1) is 7.11 Å². The van der Waals surface area contributed by atoms with Gasteiger partial charge in [0.15, 0.2) is 0 Å². The Balaban J connectivity index is 3.02. The highest BCUT2D eigenvalue weighted by molar-refractivity contribution is 5.86. The number of carbonyl (C=O) groups excluding carboxylic acids is 2. The molecule has 0 radical (unpaired) electrons. The minimum atomic E-state index is -2.71. The van der Waals surface area contributed by atoms with Crippen LogP contribution in [0.5, 0.6) is 0 Å². The van der Waals surface area contributed by atoms with E-state index in [-0.39, 0.29) is 13.0 Å². The van der Waals surface area contributed by atoms with Crippen molar-refractivity contribution in [2.24, 2.45) is 0 Å². The van der Waals surface area contributed by atoms with Crippen LogP contribution in [0.2, 0.25) is 0 Å². The number of carbonyl (C=O) groups is 2. The molecule has 1 saturated heterocycles. The van der Waals surface area contributed by atoms with E-state index in [0.717, 1.165) is 12.0 Å². The summed E-state index contributed by atoms with van der Waals surface area (Å²) in [6.07, 6.45) is -3.60. The van der Waals surface area contributed by atoms with E-state index in [1.807, 2.05) is 0 Å². The monoisotopic (exact) mass is 293 g/mol. The van der Waals surface area contributed by atoms with Crippen LogP contribution in [0.25, 0.3) is 0 Å². The fourth-order valence-corrected chi connectivity index (χ4v) is 2.41. The first-order valence-electron chi connectivity index (χ1n) is 6.49. The van der Waals surface area contributed by atoms with Gasteiger partial charge in [-0.25, -0.2) is 18.4 Å². The number of likely N-dealkylation sites (tertiary alicyclic amines) is 1. The van der Waals surface area contributed by atoms with Gasteiger partial charge in [-0.15, -0.1) is 0 Å². The molecule has 0 aliphatic carbocycles. The molecule has 1 unspecified atom stereocenters. The summed E-state index contributed by atoms with van der Waals surface area (Å²) in [6, 6.07) is 0. The van der Waals surface area contributed by atoms with Gasteiger partial charge in [0.25, 0.3) is 0 Å². The predicted octanol–water partition coefficient (Wildman–Crippen LogP) is 2.58. The van der Waals surface area contributed by atoms with Gasteiger partial charge < -0.3 is 9.47 Å². The molecule has 0 saturated carbocycles. The highest BCUT2D eigenvalue weighted by Crippen LogP contribution is 2.36. The maximum Gasteiger partial charge on any atom is 0.411 e. The maximum absolute atomic E-state index is 12.8. The highest BCUT2D eigenvalue weighted by Gasteiger charge is 2.53. The lowest BCUT2D eigenvalue weighted by Gasteiger charge is -2.36. The van der Waals surface area contributed by atoms with E-state index >= 15 is 0 Å². The van der Waals surface area contributed by atoms with Crippen molar-refractivity contribution >= 4 is 12.1 Å². The molecule has 20 heavy (non-hydrogen) atoms. The summed E-state index contributed by atoms with van der Waals surface area (Å²) >= 11 is 0. The van der Waals surface area contributed by atoms with Gasteiger partial charge in [-0.2, -0.15) is 0 Å². The Labute approximate surface area is 117 Å². The second-order valence-electron chi connectivity index (χ2n) is 5.85. The van der Waals surface area contributed by atoms with Crippen LogP contribution in [-0.4, -0.2) is 48.2 Å². The van der Waals surface area contributed by atoms with Crippen LogP contribution in [-0.2, 0) is 14.3 Å². The summed E-state index contributed by atoms with van der Waals surface area (Å²) < 4.78 is 35.4. The fraction of sp³-hybridized carbons (Fsp3) is 0.846. The van der Waals surface area contributed by atoms with Crippen molar-refractivity contribution in [1.82, 2.24) is 4.90 Å². The van der Waals surface area contributed by atoms with Gasteiger partial charge in [0.2, 0.25) is 6.43 Å². The van der Waals surface area contributed by atoms with Crippen molar-refractivity contribution in [2.45, 2.75) is 57.6 Å². The lowest BCUT2D eigenvalue weighted by Crippen LogP contribution is -2.55. The number of methoxy groups -OCH3 is 1. The molecule has 0 aromatic carbocycles. The first-order chi connectivity index (χ1) is 9.12. The van der Waals surface area contributed by atoms with E-state index in [2.05, 4.69) is 4.74 Å². The van der Waals surface area contributed by atoms with Crippen molar-refractivity contribution in [3.8, 4) is 0 Å². The van der Waals surface area contributed by atoms with E-state index in [1.165, 1.54) is 0 Å². The summed E-state index contributed by atoms with van der Waals surface area (Å²) in [5, 5.41) is 0. The quantitative estimate of drug-likeness (QED) is 0.750. The molecule has 7 heteroatoms. The normalized spacial score (nSPS) is 23.1. The molecule has 0 N–H and O–H groups in total. The lowest BCUT2D eigenvalue weighted by molar-refractivity contribution is -0.155. The van der Waals surface area contributed by atoms with Crippen molar-refractivity contribution in [1.29, 1.82) is 0 Å². The number of esters is 1. The van der Waals surface area contributed by atoms with Crippen molar-refractivity contribution in [2.75, 3.05) is 13.7 Å². The van der Waals surface area contributed by atoms with Crippen LogP contribution >= 0.6 is 0 Å². The molecule has 0 spiro atoms. The Bertz CT molecular complexity index is 381. The number of amides is 1. The van der Waals surface area contributed by atoms with Crippen LogP contribution in [0.15, 0.2) is 0 Å². The second-order valence-corrected chi connectivity index (χ2v) is 5.85. The summed E-state index contributed by atoms with van der Waals surface area (Å²) in [7, 11) is 1.13. The van der Waals surface area contributed by atoms with Crippen molar-refractivity contribution in [3.05, 3.63) is 0 Å². The van der Waals surface area contributed by atoms with Crippen LogP contribution in [0, 0.1) is 0 Å². The molecule has 5 nitrogen and oxygen atoms in total. The zero-order valence-electron chi connectivity index (χ0n) is 12.2. The minimum absolute atomic E-state index is 0.156. The Morgan fingerprint density at radius 1 is 1.35 bits per heavy atom. The molecule has 1 fully saturated rings. The fourth-order valence-electron chi connectivity index (χ4n) is 2.41. The molecule has 1 aliphatic heterocycles.